The van der Waals surface area contributed by atoms with Gasteiger partial charge in [-0.05, 0) is 25.1 Å². The minimum absolute atomic E-state index is 0.134. The number of nitrogens with one attached hydrogen (secondary N) is 2. The van der Waals surface area contributed by atoms with Gasteiger partial charge < -0.3 is 0 Å². The van der Waals surface area contributed by atoms with Gasteiger partial charge in [0.25, 0.3) is 11.5 Å². The predicted molar refractivity (Wildman–Crippen MR) is 86.5 cm³/mol. The Balaban J connectivity index is 1.85. The molecule has 0 aliphatic heterocycles. The Kier molecular flexibility index (Phi) is 3.80. The highest BCUT2D eigenvalue weighted by atomic mass is 32.1. The van der Waals surface area contributed by atoms with E-state index in [0.29, 0.717) is 10.8 Å². The molecule has 0 atom stereocenters. The van der Waals surface area contributed by atoms with Gasteiger partial charge in [0.2, 0.25) is 0 Å². The quantitative estimate of drug-likeness (QED) is 0.573. The first-order valence-corrected chi connectivity index (χ1v) is 7.34. The molecule has 0 bridgehead atoms. The Hall–Kier alpha value is -2.80. The molecule has 0 saturated carbocycles. The van der Waals surface area contributed by atoms with Gasteiger partial charge in [-0.2, -0.15) is 10.2 Å². The lowest BCUT2D eigenvalue weighted by Gasteiger charge is -2.02. The zero-order chi connectivity index (χ0) is 15.5. The zero-order valence-electron chi connectivity index (χ0n) is 11.7. The third kappa shape index (κ3) is 2.79. The molecule has 0 aliphatic rings. The molecule has 1 aromatic carbocycles. The fraction of sp³-hybridized carbons (Fsp3) is 0.0667. The molecular weight excluding hydrogens is 300 g/mol. The molecule has 0 aliphatic carbocycles. The lowest BCUT2D eigenvalue weighted by molar-refractivity contribution is 0.0951. The molecular formula is C15H12N4O2S. The van der Waals surface area contributed by atoms with E-state index in [4.69, 9.17) is 0 Å². The van der Waals surface area contributed by atoms with E-state index in [1.165, 1.54) is 4.88 Å². The van der Waals surface area contributed by atoms with Gasteiger partial charge in [0, 0.05) is 15.1 Å². The van der Waals surface area contributed by atoms with Gasteiger partial charge in [-0.3, -0.25) is 9.59 Å². The monoisotopic (exact) mass is 312 g/mol. The first kappa shape index (κ1) is 14.2. The fourth-order valence-corrected chi connectivity index (χ4v) is 2.77. The topological polar surface area (TPSA) is 87.2 Å². The minimum Gasteiger partial charge on any atom is -0.267 e. The molecule has 2 heterocycles. The van der Waals surface area contributed by atoms with Gasteiger partial charge in [-0.15, -0.1) is 11.3 Å². The molecule has 22 heavy (non-hydrogen) atoms. The summed E-state index contributed by atoms with van der Waals surface area (Å²) in [4.78, 5) is 25.9. The highest BCUT2D eigenvalue weighted by Crippen LogP contribution is 2.13. The van der Waals surface area contributed by atoms with Crippen LogP contribution in [0.2, 0.25) is 0 Å². The third-order valence-corrected chi connectivity index (χ3v) is 3.97. The van der Waals surface area contributed by atoms with Crippen LogP contribution in [0.25, 0.3) is 10.8 Å². The number of hydrogen-bond donors (Lipinski definition) is 2. The van der Waals surface area contributed by atoms with Crippen molar-refractivity contribution in [2.24, 2.45) is 5.10 Å². The standard InChI is InChI=1S/C15H12N4O2S/c1-9-6-7-10(22-9)8-16-18-15(21)13-11-4-2-3-5-12(11)14(20)19-17-13/h2-8H,1H3,(H,18,21)(H,19,20)/b16-8-. The zero-order valence-corrected chi connectivity index (χ0v) is 12.5. The summed E-state index contributed by atoms with van der Waals surface area (Å²) >= 11 is 1.58. The molecule has 3 aromatic rings. The van der Waals surface area contributed by atoms with E-state index in [9.17, 15) is 9.59 Å². The second-order valence-corrected chi connectivity index (χ2v) is 5.91. The number of benzene rings is 1. The molecule has 110 valence electrons. The Morgan fingerprint density at radius 2 is 2.05 bits per heavy atom. The summed E-state index contributed by atoms with van der Waals surface area (Å²) in [5.74, 6) is -0.475. The highest BCUT2D eigenvalue weighted by Gasteiger charge is 2.13. The lowest BCUT2D eigenvalue weighted by Crippen LogP contribution is -2.22. The molecule has 6 nitrogen and oxygen atoms in total. The number of amides is 1. The molecule has 2 aromatic heterocycles. The van der Waals surface area contributed by atoms with Crippen molar-refractivity contribution in [3.05, 3.63) is 62.2 Å². The van der Waals surface area contributed by atoms with Crippen molar-refractivity contribution in [1.29, 1.82) is 0 Å². The number of aromatic amines is 1. The Labute approximate surface area is 129 Å². The highest BCUT2D eigenvalue weighted by molar-refractivity contribution is 7.13. The summed E-state index contributed by atoms with van der Waals surface area (Å²) in [5, 5.41) is 11.0. The van der Waals surface area contributed by atoms with Crippen LogP contribution in [0.3, 0.4) is 0 Å². The first-order chi connectivity index (χ1) is 10.6. The molecule has 0 saturated heterocycles. The Bertz CT molecular complexity index is 926. The van der Waals surface area contributed by atoms with E-state index < -0.39 is 5.91 Å². The number of carbonyl (C=O) groups is 1. The van der Waals surface area contributed by atoms with Crippen LogP contribution in [0.5, 0.6) is 0 Å². The van der Waals surface area contributed by atoms with E-state index in [0.717, 1.165) is 4.88 Å². The number of hydrazone groups is 1. The molecule has 0 unspecified atom stereocenters. The van der Waals surface area contributed by atoms with E-state index in [1.54, 1.807) is 41.8 Å². The van der Waals surface area contributed by atoms with E-state index >= 15 is 0 Å². The summed E-state index contributed by atoms with van der Waals surface area (Å²) in [7, 11) is 0. The SMILES string of the molecule is Cc1ccc(/C=N\NC(=O)c2n[nH]c(=O)c3ccccc23)s1. The van der Waals surface area contributed by atoms with Crippen LogP contribution >= 0.6 is 11.3 Å². The molecule has 2 N–H and O–H groups in total. The lowest BCUT2D eigenvalue weighted by atomic mass is 10.1. The van der Waals surface area contributed by atoms with E-state index in [2.05, 4.69) is 20.7 Å². The average Bonchev–Trinajstić information content (AvgIpc) is 2.93. The van der Waals surface area contributed by atoms with Crippen LogP contribution in [0.15, 0.2) is 46.3 Å². The number of rotatable bonds is 3. The van der Waals surface area contributed by atoms with Crippen LogP contribution < -0.4 is 11.0 Å². The number of nitrogens with zero attached hydrogens (tertiary/aromatic N) is 2. The number of fused-ring (bicyclic) bond motifs is 1. The van der Waals surface area contributed by atoms with Crippen molar-refractivity contribution < 1.29 is 4.79 Å². The van der Waals surface area contributed by atoms with Crippen molar-refractivity contribution in [3.63, 3.8) is 0 Å². The number of H-pyrrole nitrogens is 1. The summed E-state index contributed by atoms with van der Waals surface area (Å²) in [6.45, 7) is 2.00. The predicted octanol–water partition coefficient (Wildman–Crippen LogP) is 2.06. The largest absolute Gasteiger partial charge is 0.292 e. The number of carbonyl (C=O) groups excluding carboxylic acids is 1. The maximum Gasteiger partial charge on any atom is 0.292 e. The normalized spacial score (nSPS) is 11.1. The van der Waals surface area contributed by atoms with Crippen molar-refractivity contribution in [1.82, 2.24) is 15.6 Å². The second-order valence-electron chi connectivity index (χ2n) is 4.59. The van der Waals surface area contributed by atoms with Crippen LogP contribution in [-0.2, 0) is 0 Å². The number of hydrogen-bond acceptors (Lipinski definition) is 5. The summed E-state index contributed by atoms with van der Waals surface area (Å²) in [6.07, 6.45) is 1.57. The number of aryl methyl sites for hydroxylation is 1. The van der Waals surface area contributed by atoms with E-state index in [1.807, 2.05) is 19.1 Å². The average molecular weight is 312 g/mol. The van der Waals surface area contributed by atoms with Crippen molar-refractivity contribution >= 4 is 34.2 Å². The minimum atomic E-state index is -0.475. The fourth-order valence-electron chi connectivity index (χ4n) is 2.02. The van der Waals surface area contributed by atoms with Gasteiger partial charge >= 0.3 is 0 Å². The van der Waals surface area contributed by atoms with Crippen molar-refractivity contribution in [3.8, 4) is 0 Å². The summed E-state index contributed by atoms with van der Waals surface area (Å²) in [5.41, 5.74) is 2.23. The molecule has 7 heteroatoms. The molecule has 0 radical (unpaired) electrons. The maximum atomic E-state index is 12.2. The first-order valence-electron chi connectivity index (χ1n) is 6.52. The molecule has 3 rings (SSSR count). The molecule has 0 spiro atoms. The third-order valence-electron chi connectivity index (χ3n) is 3.03. The molecule has 0 fully saturated rings. The number of aromatic nitrogens is 2. The van der Waals surface area contributed by atoms with Crippen LogP contribution in [0.1, 0.15) is 20.2 Å². The van der Waals surface area contributed by atoms with Gasteiger partial charge in [-0.1, -0.05) is 18.2 Å². The smallest absolute Gasteiger partial charge is 0.267 e. The van der Waals surface area contributed by atoms with Crippen molar-refractivity contribution in [2.75, 3.05) is 0 Å². The Morgan fingerprint density at radius 1 is 1.27 bits per heavy atom. The summed E-state index contributed by atoms with van der Waals surface area (Å²) < 4.78 is 0. The summed E-state index contributed by atoms with van der Waals surface area (Å²) in [6, 6.07) is 10.7. The van der Waals surface area contributed by atoms with Crippen LogP contribution in [-0.4, -0.2) is 22.3 Å². The maximum absolute atomic E-state index is 12.2. The van der Waals surface area contributed by atoms with Gasteiger partial charge in [0.1, 0.15) is 0 Å². The van der Waals surface area contributed by atoms with Crippen LogP contribution in [0.4, 0.5) is 0 Å². The van der Waals surface area contributed by atoms with Gasteiger partial charge in [0.05, 0.1) is 11.6 Å². The van der Waals surface area contributed by atoms with Gasteiger partial charge in [0.15, 0.2) is 5.69 Å². The van der Waals surface area contributed by atoms with Crippen molar-refractivity contribution in [2.45, 2.75) is 6.92 Å². The number of thiophene rings is 1. The van der Waals surface area contributed by atoms with E-state index in [-0.39, 0.29) is 11.3 Å². The molecule has 1 amide bonds. The second kappa shape index (κ2) is 5.90. The Morgan fingerprint density at radius 3 is 2.77 bits per heavy atom. The van der Waals surface area contributed by atoms with Gasteiger partial charge in [-0.25, -0.2) is 10.5 Å². The van der Waals surface area contributed by atoms with Crippen LogP contribution in [0, 0.1) is 6.92 Å².